The lowest BCUT2D eigenvalue weighted by molar-refractivity contribution is 0.0971. The Labute approximate surface area is 185 Å². The number of carbonyl (C=O) groups is 1. The van der Waals surface area contributed by atoms with Crippen LogP contribution in [0.15, 0.2) is 80.4 Å². The highest BCUT2D eigenvalue weighted by atomic mass is 79.9. The van der Waals surface area contributed by atoms with Crippen molar-refractivity contribution in [3.63, 3.8) is 0 Å². The van der Waals surface area contributed by atoms with E-state index in [4.69, 9.17) is 16.0 Å². The van der Waals surface area contributed by atoms with Gasteiger partial charge in [0.2, 0.25) is 5.76 Å². The van der Waals surface area contributed by atoms with Gasteiger partial charge in [0.1, 0.15) is 5.58 Å². The van der Waals surface area contributed by atoms with Gasteiger partial charge in [0.15, 0.2) is 5.43 Å². The van der Waals surface area contributed by atoms with E-state index in [0.717, 1.165) is 15.6 Å². The molecule has 2 heterocycles. The van der Waals surface area contributed by atoms with Gasteiger partial charge in [-0.1, -0.05) is 63.4 Å². The first kappa shape index (κ1) is 19.1. The van der Waals surface area contributed by atoms with Crippen molar-refractivity contribution in [2.24, 2.45) is 0 Å². The molecule has 5 rings (SSSR count). The number of halogens is 2. The molecule has 148 valence electrons. The molecule has 1 atom stereocenters. The highest BCUT2D eigenvalue weighted by Gasteiger charge is 2.43. The van der Waals surface area contributed by atoms with Gasteiger partial charge in [-0.15, -0.1) is 0 Å². The summed E-state index contributed by atoms with van der Waals surface area (Å²) in [5.41, 5.74) is 3.03. The maximum absolute atomic E-state index is 13.5. The van der Waals surface area contributed by atoms with Crippen molar-refractivity contribution in [1.29, 1.82) is 0 Å². The van der Waals surface area contributed by atoms with Crippen LogP contribution in [0.5, 0.6) is 0 Å². The van der Waals surface area contributed by atoms with Gasteiger partial charge < -0.3 is 4.42 Å². The summed E-state index contributed by atoms with van der Waals surface area (Å²) in [6.45, 7) is 1.99. The van der Waals surface area contributed by atoms with Crippen LogP contribution >= 0.6 is 27.5 Å². The van der Waals surface area contributed by atoms with Crippen LogP contribution in [0, 0.1) is 6.92 Å². The van der Waals surface area contributed by atoms with Crippen LogP contribution in [-0.4, -0.2) is 5.91 Å². The summed E-state index contributed by atoms with van der Waals surface area (Å²) in [4.78, 5) is 28.6. The van der Waals surface area contributed by atoms with Crippen molar-refractivity contribution in [1.82, 2.24) is 0 Å². The first-order valence-electron chi connectivity index (χ1n) is 9.36. The molecule has 1 aliphatic heterocycles. The summed E-state index contributed by atoms with van der Waals surface area (Å²) in [6.07, 6.45) is 0. The molecule has 0 saturated heterocycles. The normalized spacial score (nSPS) is 15.6. The van der Waals surface area contributed by atoms with E-state index in [1.54, 1.807) is 23.1 Å². The molecule has 0 saturated carbocycles. The quantitative estimate of drug-likeness (QED) is 0.340. The van der Waals surface area contributed by atoms with Crippen molar-refractivity contribution in [2.75, 3.05) is 4.90 Å². The average Bonchev–Trinajstić information content (AvgIpc) is 3.02. The molecule has 1 aromatic heterocycles. The minimum Gasteiger partial charge on any atom is -0.450 e. The number of fused-ring (bicyclic) bond motifs is 2. The minimum atomic E-state index is -0.595. The zero-order chi connectivity index (χ0) is 21.0. The lowest BCUT2D eigenvalue weighted by atomic mass is 9.97. The third-order valence-corrected chi connectivity index (χ3v) is 6.04. The predicted octanol–water partition coefficient (Wildman–Crippen LogP) is 6.27. The number of carbonyl (C=O) groups excluding carboxylic acids is 1. The van der Waals surface area contributed by atoms with Crippen LogP contribution in [0.4, 0.5) is 5.69 Å². The van der Waals surface area contributed by atoms with Gasteiger partial charge in [0.25, 0.3) is 5.91 Å². The summed E-state index contributed by atoms with van der Waals surface area (Å²) in [6, 6.07) is 19.5. The van der Waals surface area contributed by atoms with Gasteiger partial charge in [-0.2, -0.15) is 0 Å². The second-order valence-corrected chi connectivity index (χ2v) is 8.63. The van der Waals surface area contributed by atoms with Gasteiger partial charge >= 0.3 is 0 Å². The predicted molar refractivity (Wildman–Crippen MR) is 121 cm³/mol. The summed E-state index contributed by atoms with van der Waals surface area (Å²) < 4.78 is 6.78. The molecular weight excluding hydrogens is 466 g/mol. The molecule has 0 fully saturated rings. The summed E-state index contributed by atoms with van der Waals surface area (Å²) in [5, 5.41) is 0.803. The van der Waals surface area contributed by atoms with Gasteiger partial charge in [0, 0.05) is 15.2 Å². The van der Waals surface area contributed by atoms with E-state index in [0.29, 0.717) is 27.2 Å². The smallest absolute Gasteiger partial charge is 0.295 e. The largest absolute Gasteiger partial charge is 0.450 e. The molecule has 0 spiro atoms. The summed E-state index contributed by atoms with van der Waals surface area (Å²) in [7, 11) is 0. The van der Waals surface area contributed by atoms with E-state index in [9.17, 15) is 9.59 Å². The number of anilines is 1. The molecular formula is C24H15BrClNO3. The lowest BCUT2D eigenvalue weighted by Crippen LogP contribution is -2.29. The number of hydrogen-bond acceptors (Lipinski definition) is 3. The summed E-state index contributed by atoms with van der Waals surface area (Å²) in [5.74, 6) is -0.275. The molecule has 4 aromatic rings. The number of aryl methyl sites for hydroxylation is 1. The van der Waals surface area contributed by atoms with Crippen molar-refractivity contribution in [2.45, 2.75) is 13.0 Å². The number of rotatable bonds is 2. The maximum Gasteiger partial charge on any atom is 0.295 e. The summed E-state index contributed by atoms with van der Waals surface area (Å²) >= 11 is 9.59. The Morgan fingerprint density at radius 2 is 1.77 bits per heavy atom. The van der Waals surface area contributed by atoms with Crippen molar-refractivity contribution in [3.8, 4) is 0 Å². The molecule has 1 unspecified atom stereocenters. The highest BCUT2D eigenvalue weighted by molar-refractivity contribution is 9.10. The van der Waals surface area contributed by atoms with Crippen LogP contribution in [0.25, 0.3) is 11.0 Å². The Kier molecular flexibility index (Phi) is 4.53. The Hall–Kier alpha value is -2.89. The van der Waals surface area contributed by atoms with Gasteiger partial charge in [-0.25, -0.2) is 0 Å². The highest BCUT2D eigenvalue weighted by Crippen LogP contribution is 2.41. The van der Waals surface area contributed by atoms with Crippen LogP contribution in [-0.2, 0) is 0 Å². The molecule has 0 bridgehead atoms. The van der Waals surface area contributed by atoms with Crippen LogP contribution < -0.4 is 10.3 Å². The second kappa shape index (κ2) is 7.11. The molecule has 0 N–H and O–H groups in total. The maximum atomic E-state index is 13.5. The number of amides is 1. The monoisotopic (exact) mass is 479 g/mol. The Bertz CT molecular complexity index is 1380. The molecule has 1 amide bonds. The second-order valence-electron chi connectivity index (χ2n) is 7.28. The Morgan fingerprint density at radius 3 is 2.50 bits per heavy atom. The zero-order valence-electron chi connectivity index (χ0n) is 15.9. The average molecular weight is 481 g/mol. The fraction of sp³-hybridized carbons (Fsp3) is 0.0833. The fourth-order valence-corrected chi connectivity index (χ4v) is 4.46. The first-order chi connectivity index (χ1) is 14.4. The molecule has 3 aromatic carbocycles. The standard InChI is InChI=1S/C24H15BrClNO3/c1-13-5-7-14(8-6-13)21-20-22(28)18-12-16(26)9-10-19(18)30-23(20)24(29)27(21)17-4-2-3-15(25)11-17/h2-12,21H,1H3. The minimum absolute atomic E-state index is 0.0698. The number of benzene rings is 3. The number of nitrogens with zero attached hydrogens (tertiary/aromatic N) is 1. The van der Waals surface area contributed by atoms with Crippen LogP contribution in [0.1, 0.15) is 33.3 Å². The van der Waals surface area contributed by atoms with E-state index >= 15 is 0 Å². The van der Waals surface area contributed by atoms with E-state index in [1.807, 2.05) is 55.5 Å². The third-order valence-electron chi connectivity index (χ3n) is 5.31. The molecule has 0 radical (unpaired) electrons. The Morgan fingerprint density at radius 1 is 1.00 bits per heavy atom. The number of hydrogen-bond donors (Lipinski definition) is 0. The van der Waals surface area contributed by atoms with Crippen LogP contribution in [0.2, 0.25) is 5.02 Å². The van der Waals surface area contributed by atoms with Gasteiger partial charge in [-0.05, 0) is 48.9 Å². The SMILES string of the molecule is Cc1ccc(C2c3c(oc4ccc(Cl)cc4c3=O)C(=O)N2c2cccc(Br)c2)cc1. The fourth-order valence-electron chi connectivity index (χ4n) is 3.90. The van der Waals surface area contributed by atoms with E-state index in [1.165, 1.54) is 0 Å². The van der Waals surface area contributed by atoms with Gasteiger partial charge in [0.05, 0.1) is 17.0 Å². The molecule has 6 heteroatoms. The van der Waals surface area contributed by atoms with E-state index in [2.05, 4.69) is 15.9 Å². The van der Waals surface area contributed by atoms with Crippen molar-refractivity contribution >= 4 is 50.1 Å². The van der Waals surface area contributed by atoms with Gasteiger partial charge in [-0.3, -0.25) is 14.5 Å². The first-order valence-corrected chi connectivity index (χ1v) is 10.5. The molecule has 1 aliphatic rings. The Balaban J connectivity index is 1.83. The van der Waals surface area contributed by atoms with E-state index < -0.39 is 6.04 Å². The topological polar surface area (TPSA) is 50.5 Å². The lowest BCUT2D eigenvalue weighted by Gasteiger charge is -2.25. The molecule has 30 heavy (non-hydrogen) atoms. The molecule has 4 nitrogen and oxygen atoms in total. The third kappa shape index (κ3) is 2.97. The molecule has 0 aliphatic carbocycles. The van der Waals surface area contributed by atoms with Crippen LogP contribution in [0.3, 0.4) is 0 Å². The van der Waals surface area contributed by atoms with Crippen molar-refractivity contribution < 1.29 is 9.21 Å². The zero-order valence-corrected chi connectivity index (χ0v) is 18.2. The van der Waals surface area contributed by atoms with E-state index in [-0.39, 0.29) is 17.1 Å². The van der Waals surface area contributed by atoms with Crippen molar-refractivity contribution in [3.05, 3.63) is 109 Å².